The zero-order valence-electron chi connectivity index (χ0n) is 8.59. The van der Waals surface area contributed by atoms with E-state index in [1.165, 1.54) is 0 Å². The van der Waals surface area contributed by atoms with Crippen LogP contribution in [0.3, 0.4) is 0 Å². The summed E-state index contributed by atoms with van der Waals surface area (Å²) in [5.41, 5.74) is 6.46. The van der Waals surface area contributed by atoms with E-state index in [9.17, 15) is 0 Å². The quantitative estimate of drug-likeness (QED) is 0.817. The molecule has 2 aromatic rings. The predicted octanol–water partition coefficient (Wildman–Crippen LogP) is 1.33. The SMILES string of the molecule is CCCn1cnnc1-c1ccc(N)nc1. The number of aromatic nitrogens is 4. The van der Waals surface area contributed by atoms with Crippen molar-refractivity contribution in [2.24, 2.45) is 0 Å². The van der Waals surface area contributed by atoms with Crippen molar-refractivity contribution < 1.29 is 0 Å². The van der Waals surface area contributed by atoms with Crippen LogP contribution in [0.5, 0.6) is 0 Å². The molecule has 0 aromatic carbocycles. The second kappa shape index (κ2) is 4.08. The molecule has 0 saturated heterocycles. The van der Waals surface area contributed by atoms with Gasteiger partial charge in [0.15, 0.2) is 5.82 Å². The minimum absolute atomic E-state index is 0.514. The molecule has 2 heterocycles. The van der Waals surface area contributed by atoms with Gasteiger partial charge in [0.05, 0.1) is 0 Å². The molecule has 0 fully saturated rings. The molecule has 0 bridgehead atoms. The minimum Gasteiger partial charge on any atom is -0.384 e. The van der Waals surface area contributed by atoms with E-state index < -0.39 is 0 Å². The molecule has 0 atom stereocenters. The van der Waals surface area contributed by atoms with Crippen molar-refractivity contribution in [3.05, 3.63) is 24.7 Å². The highest BCUT2D eigenvalue weighted by molar-refractivity contribution is 5.55. The standard InChI is InChI=1S/C10H13N5/c1-2-5-15-7-13-14-10(15)8-3-4-9(11)12-6-8/h3-4,6-7H,2,5H2,1H3,(H2,11,12). The van der Waals surface area contributed by atoms with Crippen LogP contribution in [0.2, 0.25) is 0 Å². The Morgan fingerprint density at radius 1 is 1.40 bits per heavy atom. The first-order valence-electron chi connectivity index (χ1n) is 4.91. The fourth-order valence-electron chi connectivity index (χ4n) is 1.42. The summed E-state index contributed by atoms with van der Waals surface area (Å²) < 4.78 is 2.01. The van der Waals surface area contributed by atoms with Gasteiger partial charge in [-0.25, -0.2) is 4.98 Å². The summed E-state index contributed by atoms with van der Waals surface area (Å²) in [6.45, 7) is 3.03. The van der Waals surface area contributed by atoms with Gasteiger partial charge in [-0.05, 0) is 18.6 Å². The minimum atomic E-state index is 0.514. The number of hydrogen-bond donors (Lipinski definition) is 1. The van der Waals surface area contributed by atoms with Gasteiger partial charge in [0.25, 0.3) is 0 Å². The van der Waals surface area contributed by atoms with E-state index >= 15 is 0 Å². The van der Waals surface area contributed by atoms with Crippen LogP contribution >= 0.6 is 0 Å². The number of nitrogen functional groups attached to an aromatic ring is 1. The zero-order valence-corrected chi connectivity index (χ0v) is 8.59. The average molecular weight is 203 g/mol. The zero-order chi connectivity index (χ0) is 10.7. The van der Waals surface area contributed by atoms with Crippen LogP contribution in [0.4, 0.5) is 5.82 Å². The number of nitrogens with two attached hydrogens (primary N) is 1. The number of aryl methyl sites for hydroxylation is 1. The average Bonchev–Trinajstić information content (AvgIpc) is 2.68. The van der Waals surface area contributed by atoms with Crippen LogP contribution < -0.4 is 5.73 Å². The van der Waals surface area contributed by atoms with Crippen molar-refractivity contribution in [3.63, 3.8) is 0 Å². The topological polar surface area (TPSA) is 69.6 Å². The maximum Gasteiger partial charge on any atom is 0.165 e. The summed E-state index contributed by atoms with van der Waals surface area (Å²) in [7, 11) is 0. The maximum absolute atomic E-state index is 5.52. The van der Waals surface area contributed by atoms with Gasteiger partial charge in [-0.3, -0.25) is 0 Å². The molecule has 0 spiro atoms. The van der Waals surface area contributed by atoms with Crippen LogP contribution in [0.1, 0.15) is 13.3 Å². The molecule has 0 radical (unpaired) electrons. The maximum atomic E-state index is 5.52. The Bertz CT molecular complexity index is 431. The van der Waals surface area contributed by atoms with Gasteiger partial charge in [0.2, 0.25) is 0 Å². The number of hydrogen-bond acceptors (Lipinski definition) is 4. The number of pyridine rings is 1. The molecule has 0 aliphatic heterocycles. The Labute approximate surface area is 88.0 Å². The van der Waals surface area contributed by atoms with E-state index in [4.69, 9.17) is 5.73 Å². The van der Waals surface area contributed by atoms with Gasteiger partial charge in [0, 0.05) is 18.3 Å². The van der Waals surface area contributed by atoms with Crippen LogP contribution in [-0.2, 0) is 6.54 Å². The first-order valence-corrected chi connectivity index (χ1v) is 4.91. The van der Waals surface area contributed by atoms with Crippen LogP contribution in [0, 0.1) is 0 Å². The molecule has 2 rings (SSSR count). The Balaban J connectivity index is 2.36. The van der Waals surface area contributed by atoms with Gasteiger partial charge in [-0.1, -0.05) is 6.92 Å². The summed E-state index contributed by atoms with van der Waals surface area (Å²) in [5.74, 6) is 1.35. The molecule has 15 heavy (non-hydrogen) atoms. The highest BCUT2D eigenvalue weighted by Crippen LogP contribution is 2.16. The van der Waals surface area contributed by atoms with Gasteiger partial charge >= 0.3 is 0 Å². The van der Waals surface area contributed by atoms with E-state index in [0.717, 1.165) is 24.4 Å². The molecular weight excluding hydrogens is 190 g/mol. The van der Waals surface area contributed by atoms with E-state index in [2.05, 4.69) is 22.1 Å². The normalized spacial score (nSPS) is 10.5. The Morgan fingerprint density at radius 2 is 2.27 bits per heavy atom. The summed E-state index contributed by atoms with van der Waals surface area (Å²) in [6, 6.07) is 3.67. The van der Waals surface area contributed by atoms with Crippen molar-refractivity contribution in [2.45, 2.75) is 19.9 Å². The van der Waals surface area contributed by atoms with Crippen molar-refractivity contribution >= 4 is 5.82 Å². The summed E-state index contributed by atoms with van der Waals surface area (Å²) in [5, 5.41) is 7.96. The lowest BCUT2D eigenvalue weighted by Crippen LogP contribution is -1.99. The van der Waals surface area contributed by atoms with Crippen LogP contribution in [0.25, 0.3) is 11.4 Å². The van der Waals surface area contributed by atoms with Crippen LogP contribution in [-0.4, -0.2) is 19.7 Å². The molecule has 5 heteroatoms. The highest BCUT2D eigenvalue weighted by atomic mass is 15.3. The third kappa shape index (κ3) is 1.96. The lowest BCUT2D eigenvalue weighted by Gasteiger charge is -2.04. The second-order valence-electron chi connectivity index (χ2n) is 3.32. The number of rotatable bonds is 3. The summed E-state index contributed by atoms with van der Waals surface area (Å²) in [6.07, 6.45) is 4.49. The van der Waals surface area contributed by atoms with Crippen molar-refractivity contribution in [2.75, 3.05) is 5.73 Å². The Morgan fingerprint density at radius 3 is 2.93 bits per heavy atom. The molecule has 2 aromatic heterocycles. The van der Waals surface area contributed by atoms with E-state index in [0.29, 0.717) is 5.82 Å². The Kier molecular flexibility index (Phi) is 2.62. The smallest absolute Gasteiger partial charge is 0.165 e. The summed E-state index contributed by atoms with van der Waals surface area (Å²) in [4.78, 5) is 4.03. The van der Waals surface area contributed by atoms with Gasteiger partial charge in [-0.2, -0.15) is 0 Å². The van der Waals surface area contributed by atoms with E-state index in [1.807, 2.05) is 10.6 Å². The molecular formula is C10H13N5. The highest BCUT2D eigenvalue weighted by Gasteiger charge is 2.06. The molecule has 78 valence electrons. The first kappa shape index (κ1) is 9.64. The van der Waals surface area contributed by atoms with Gasteiger partial charge < -0.3 is 10.3 Å². The fraction of sp³-hybridized carbons (Fsp3) is 0.300. The monoisotopic (exact) mass is 203 g/mol. The second-order valence-corrected chi connectivity index (χ2v) is 3.32. The van der Waals surface area contributed by atoms with E-state index in [-0.39, 0.29) is 0 Å². The predicted molar refractivity (Wildman–Crippen MR) is 58.0 cm³/mol. The van der Waals surface area contributed by atoms with Gasteiger partial charge in [-0.15, -0.1) is 10.2 Å². The lowest BCUT2D eigenvalue weighted by molar-refractivity contribution is 0.682. The lowest BCUT2D eigenvalue weighted by atomic mass is 10.2. The fourth-order valence-corrected chi connectivity index (χ4v) is 1.42. The largest absolute Gasteiger partial charge is 0.384 e. The molecule has 5 nitrogen and oxygen atoms in total. The number of anilines is 1. The first-order chi connectivity index (χ1) is 7.31. The summed E-state index contributed by atoms with van der Waals surface area (Å²) >= 11 is 0. The third-order valence-corrected chi connectivity index (χ3v) is 2.12. The molecule has 0 saturated carbocycles. The van der Waals surface area contributed by atoms with Crippen LogP contribution in [0.15, 0.2) is 24.7 Å². The van der Waals surface area contributed by atoms with E-state index in [1.54, 1.807) is 18.6 Å². The molecule has 2 N–H and O–H groups in total. The van der Waals surface area contributed by atoms with Crippen molar-refractivity contribution in [1.82, 2.24) is 19.7 Å². The molecule has 0 unspecified atom stereocenters. The molecule has 0 aliphatic carbocycles. The number of nitrogens with zero attached hydrogens (tertiary/aromatic N) is 4. The molecule has 0 aliphatic rings. The third-order valence-electron chi connectivity index (χ3n) is 2.12. The van der Waals surface area contributed by atoms with Gasteiger partial charge in [0.1, 0.15) is 12.1 Å². The molecule has 0 amide bonds. The van der Waals surface area contributed by atoms with Crippen molar-refractivity contribution in [3.8, 4) is 11.4 Å². The Hall–Kier alpha value is -1.91. The van der Waals surface area contributed by atoms with Crippen molar-refractivity contribution in [1.29, 1.82) is 0 Å².